The minimum absolute atomic E-state index is 0.663. The third kappa shape index (κ3) is 2.35. The van der Waals surface area contributed by atoms with Gasteiger partial charge in [0.05, 0.1) is 5.69 Å². The Morgan fingerprint density at radius 1 is 1.15 bits per heavy atom. The first-order valence-corrected chi connectivity index (χ1v) is 6.74. The zero-order valence-electron chi connectivity index (χ0n) is 11.4. The fourth-order valence-electron chi connectivity index (χ4n) is 2.43. The van der Waals surface area contributed by atoms with Crippen molar-refractivity contribution in [3.63, 3.8) is 0 Å². The molecule has 3 rings (SSSR count). The summed E-state index contributed by atoms with van der Waals surface area (Å²) in [7, 11) is 0. The van der Waals surface area contributed by atoms with Gasteiger partial charge in [-0.25, -0.2) is 4.98 Å². The second kappa shape index (κ2) is 5.29. The molecule has 3 heteroatoms. The van der Waals surface area contributed by atoms with E-state index in [9.17, 15) is 4.79 Å². The minimum Gasteiger partial charge on any atom is -0.297 e. The van der Waals surface area contributed by atoms with E-state index < -0.39 is 0 Å². The van der Waals surface area contributed by atoms with Gasteiger partial charge in [-0.1, -0.05) is 30.3 Å². The second-order valence-electron chi connectivity index (χ2n) is 4.98. The van der Waals surface area contributed by atoms with E-state index in [1.165, 1.54) is 5.56 Å². The third-order valence-electron chi connectivity index (χ3n) is 3.50. The van der Waals surface area contributed by atoms with Crippen molar-refractivity contribution in [3.05, 3.63) is 71.2 Å². The number of aryl methyl sites for hydroxylation is 3. The molecule has 0 spiro atoms. The van der Waals surface area contributed by atoms with Crippen LogP contribution in [0.2, 0.25) is 0 Å². The van der Waals surface area contributed by atoms with E-state index >= 15 is 0 Å². The molecular weight excluding hydrogens is 248 g/mol. The van der Waals surface area contributed by atoms with Crippen LogP contribution in [0.15, 0.2) is 48.7 Å². The maximum absolute atomic E-state index is 11.3. The first-order chi connectivity index (χ1) is 9.78. The van der Waals surface area contributed by atoms with E-state index in [0.717, 1.165) is 36.0 Å². The van der Waals surface area contributed by atoms with Gasteiger partial charge >= 0.3 is 0 Å². The van der Waals surface area contributed by atoms with E-state index in [1.54, 1.807) is 0 Å². The normalized spacial score (nSPS) is 10.8. The Labute approximate surface area is 117 Å². The van der Waals surface area contributed by atoms with Crippen molar-refractivity contribution in [3.8, 4) is 0 Å². The minimum atomic E-state index is 0.663. The first-order valence-electron chi connectivity index (χ1n) is 6.74. The van der Waals surface area contributed by atoms with E-state index in [1.807, 2.05) is 47.9 Å². The number of rotatable bonds is 4. The van der Waals surface area contributed by atoms with Gasteiger partial charge in [0.25, 0.3) is 0 Å². The first kappa shape index (κ1) is 12.6. The molecule has 0 amide bonds. The largest absolute Gasteiger partial charge is 0.297 e. The number of pyridine rings is 1. The number of fused-ring (bicyclic) bond motifs is 1. The highest BCUT2D eigenvalue weighted by molar-refractivity contribution is 5.76. The van der Waals surface area contributed by atoms with Crippen molar-refractivity contribution in [2.75, 3.05) is 0 Å². The van der Waals surface area contributed by atoms with Crippen LogP contribution < -0.4 is 0 Å². The van der Waals surface area contributed by atoms with Gasteiger partial charge in [-0.3, -0.25) is 9.20 Å². The molecule has 0 bridgehead atoms. The third-order valence-corrected chi connectivity index (χ3v) is 3.50. The van der Waals surface area contributed by atoms with Gasteiger partial charge in [0.2, 0.25) is 0 Å². The predicted octanol–water partition coefficient (Wildman–Crippen LogP) is 3.24. The fourth-order valence-corrected chi connectivity index (χ4v) is 2.43. The van der Waals surface area contributed by atoms with Crippen LogP contribution in [0.4, 0.5) is 0 Å². The number of aldehydes is 1. The molecule has 0 atom stereocenters. The number of benzene rings is 1. The maximum atomic E-state index is 11.3. The average Bonchev–Trinajstić information content (AvgIpc) is 2.82. The SMILES string of the molecule is Cc1ccn2c(C=O)c(CCc3ccccc3)nc2c1. The number of imidazole rings is 1. The van der Waals surface area contributed by atoms with Crippen molar-refractivity contribution in [1.82, 2.24) is 9.38 Å². The molecule has 0 fully saturated rings. The number of hydrogen-bond acceptors (Lipinski definition) is 2. The van der Waals surface area contributed by atoms with Crippen LogP contribution in [-0.2, 0) is 12.8 Å². The quantitative estimate of drug-likeness (QED) is 0.678. The van der Waals surface area contributed by atoms with E-state index in [4.69, 9.17) is 0 Å². The number of nitrogens with zero attached hydrogens (tertiary/aromatic N) is 2. The number of carbonyl (C=O) groups is 1. The molecule has 0 aliphatic carbocycles. The summed E-state index contributed by atoms with van der Waals surface area (Å²) in [4.78, 5) is 15.9. The van der Waals surface area contributed by atoms with Crippen molar-refractivity contribution in [2.24, 2.45) is 0 Å². The monoisotopic (exact) mass is 264 g/mol. The summed E-state index contributed by atoms with van der Waals surface area (Å²) >= 11 is 0. The van der Waals surface area contributed by atoms with Gasteiger partial charge in [0, 0.05) is 6.20 Å². The van der Waals surface area contributed by atoms with Crippen molar-refractivity contribution in [2.45, 2.75) is 19.8 Å². The lowest BCUT2D eigenvalue weighted by Gasteiger charge is -2.00. The molecule has 3 nitrogen and oxygen atoms in total. The average molecular weight is 264 g/mol. The fraction of sp³-hybridized carbons (Fsp3) is 0.176. The van der Waals surface area contributed by atoms with Gasteiger partial charge in [-0.05, 0) is 43.0 Å². The van der Waals surface area contributed by atoms with E-state index in [0.29, 0.717) is 5.69 Å². The molecule has 20 heavy (non-hydrogen) atoms. The number of carbonyl (C=O) groups excluding carboxylic acids is 1. The van der Waals surface area contributed by atoms with Crippen LogP contribution in [-0.4, -0.2) is 15.7 Å². The summed E-state index contributed by atoms with van der Waals surface area (Å²) in [5.74, 6) is 0. The molecule has 0 saturated heterocycles. The van der Waals surface area contributed by atoms with Gasteiger partial charge in [0.15, 0.2) is 6.29 Å². The Morgan fingerprint density at radius 2 is 1.95 bits per heavy atom. The van der Waals surface area contributed by atoms with Crippen LogP contribution in [0.5, 0.6) is 0 Å². The number of aromatic nitrogens is 2. The summed E-state index contributed by atoms with van der Waals surface area (Å²) in [5.41, 5.74) is 4.78. The molecule has 100 valence electrons. The molecule has 1 aromatic carbocycles. The molecule has 0 saturated carbocycles. The van der Waals surface area contributed by atoms with Gasteiger partial charge in [0.1, 0.15) is 11.3 Å². The highest BCUT2D eigenvalue weighted by atomic mass is 16.1. The van der Waals surface area contributed by atoms with Crippen LogP contribution in [0.25, 0.3) is 5.65 Å². The lowest BCUT2D eigenvalue weighted by Crippen LogP contribution is -1.97. The predicted molar refractivity (Wildman–Crippen MR) is 79.2 cm³/mol. The highest BCUT2D eigenvalue weighted by Gasteiger charge is 2.11. The van der Waals surface area contributed by atoms with Gasteiger partial charge < -0.3 is 0 Å². The summed E-state index contributed by atoms with van der Waals surface area (Å²) in [5, 5.41) is 0. The molecule has 2 aromatic heterocycles. The van der Waals surface area contributed by atoms with Gasteiger partial charge in [-0.15, -0.1) is 0 Å². The lowest BCUT2D eigenvalue weighted by atomic mass is 10.1. The molecule has 0 aliphatic rings. The Kier molecular flexibility index (Phi) is 3.33. The Morgan fingerprint density at radius 3 is 2.70 bits per heavy atom. The lowest BCUT2D eigenvalue weighted by molar-refractivity contribution is 0.111. The van der Waals surface area contributed by atoms with Gasteiger partial charge in [-0.2, -0.15) is 0 Å². The molecular formula is C17H16N2O. The summed E-state index contributed by atoms with van der Waals surface area (Å²) in [6.45, 7) is 2.03. The van der Waals surface area contributed by atoms with E-state index in [-0.39, 0.29) is 0 Å². The summed E-state index contributed by atoms with van der Waals surface area (Å²) in [6.07, 6.45) is 4.48. The Balaban J connectivity index is 1.93. The zero-order chi connectivity index (χ0) is 13.9. The van der Waals surface area contributed by atoms with Crippen molar-refractivity contribution < 1.29 is 4.79 Å². The second-order valence-corrected chi connectivity index (χ2v) is 4.98. The smallest absolute Gasteiger partial charge is 0.168 e. The summed E-state index contributed by atoms with van der Waals surface area (Å²) in [6, 6.07) is 14.3. The van der Waals surface area contributed by atoms with Crippen molar-refractivity contribution in [1.29, 1.82) is 0 Å². The maximum Gasteiger partial charge on any atom is 0.168 e. The molecule has 0 unspecified atom stereocenters. The van der Waals surface area contributed by atoms with Crippen LogP contribution in [0.1, 0.15) is 27.3 Å². The topological polar surface area (TPSA) is 34.4 Å². The molecule has 3 aromatic rings. The Hall–Kier alpha value is -2.42. The molecule has 0 aliphatic heterocycles. The molecule has 0 radical (unpaired) electrons. The molecule has 2 heterocycles. The highest BCUT2D eigenvalue weighted by Crippen LogP contribution is 2.15. The Bertz CT molecular complexity index is 744. The van der Waals surface area contributed by atoms with Crippen LogP contribution in [0, 0.1) is 6.92 Å². The standard InChI is InChI=1S/C17H16N2O/c1-13-9-10-19-16(12-20)15(18-17(19)11-13)8-7-14-5-3-2-4-6-14/h2-6,9-12H,7-8H2,1H3. The van der Waals surface area contributed by atoms with Crippen LogP contribution >= 0.6 is 0 Å². The van der Waals surface area contributed by atoms with Crippen molar-refractivity contribution >= 4 is 11.9 Å². The van der Waals surface area contributed by atoms with E-state index in [2.05, 4.69) is 17.1 Å². The van der Waals surface area contributed by atoms with Crippen LogP contribution in [0.3, 0.4) is 0 Å². The number of hydrogen-bond donors (Lipinski definition) is 0. The molecule has 0 N–H and O–H groups in total. The zero-order valence-corrected chi connectivity index (χ0v) is 11.4. The summed E-state index contributed by atoms with van der Waals surface area (Å²) < 4.78 is 1.86.